The summed E-state index contributed by atoms with van der Waals surface area (Å²) in [7, 11) is 0. The van der Waals surface area contributed by atoms with Crippen LogP contribution in [0.4, 0.5) is 11.4 Å². The smallest absolute Gasteiger partial charge is 0.130 e. The Hall–Kier alpha value is -4.44. The number of anilines is 2. The van der Waals surface area contributed by atoms with Gasteiger partial charge in [-0.25, -0.2) is 4.99 Å². The molecule has 2 aromatic rings. The van der Waals surface area contributed by atoms with Gasteiger partial charge in [-0.2, -0.15) is 0 Å². The Morgan fingerprint density at radius 1 is 0.706 bits per heavy atom. The van der Waals surface area contributed by atoms with Crippen LogP contribution in [0, 0.1) is 23.7 Å². The number of rotatable bonds is 5. The van der Waals surface area contributed by atoms with Crippen LogP contribution in [0.25, 0.3) is 0 Å². The molecule has 10 unspecified atom stereocenters. The predicted octanol–water partition coefficient (Wildman–Crippen LogP) is 10.4. The van der Waals surface area contributed by atoms with Crippen molar-refractivity contribution < 1.29 is 0 Å². The first-order valence-corrected chi connectivity index (χ1v) is 19.8. The van der Waals surface area contributed by atoms with Crippen molar-refractivity contribution in [1.82, 2.24) is 0 Å². The van der Waals surface area contributed by atoms with Crippen LogP contribution in [-0.2, 0) is 0 Å². The van der Waals surface area contributed by atoms with Crippen molar-refractivity contribution >= 4 is 22.9 Å². The second kappa shape index (κ2) is 13.0. The largest absolute Gasteiger partial charge is 0.360 e. The number of aliphatic imine (C=N–C) groups is 2. The molecule has 3 aliphatic heterocycles. The number of allylic oxidation sites excluding steroid dienone is 9. The number of hydrogen-bond acceptors (Lipinski definition) is 4. The average Bonchev–Trinajstić information content (AvgIpc) is 3.72. The zero-order valence-corrected chi connectivity index (χ0v) is 29.8. The van der Waals surface area contributed by atoms with Gasteiger partial charge < -0.3 is 9.80 Å². The van der Waals surface area contributed by atoms with E-state index in [0.29, 0.717) is 41.8 Å². The van der Waals surface area contributed by atoms with Crippen molar-refractivity contribution in [2.75, 3.05) is 9.80 Å². The molecule has 2 aromatic carbocycles. The molecule has 258 valence electrons. The summed E-state index contributed by atoms with van der Waals surface area (Å²) in [6, 6.07) is 19.8. The summed E-state index contributed by atoms with van der Waals surface area (Å²) in [5.74, 6) is 3.39. The molecule has 0 bridgehead atoms. The van der Waals surface area contributed by atoms with Gasteiger partial charge in [-0.05, 0) is 74.1 Å². The molecule has 0 saturated carbocycles. The minimum absolute atomic E-state index is 0.247. The fraction of sp³-hybridized carbons (Fsp3) is 0.404. The van der Waals surface area contributed by atoms with Gasteiger partial charge in [0.15, 0.2) is 0 Å². The van der Waals surface area contributed by atoms with E-state index in [4.69, 9.17) is 9.98 Å². The molecule has 10 rings (SSSR count). The Kier molecular flexibility index (Phi) is 7.95. The maximum atomic E-state index is 5.67. The lowest BCUT2D eigenvalue weighted by atomic mass is 9.73. The molecule has 0 amide bonds. The first kappa shape index (κ1) is 31.3. The van der Waals surface area contributed by atoms with Crippen molar-refractivity contribution in [2.24, 2.45) is 33.7 Å². The Morgan fingerprint density at radius 2 is 1.53 bits per heavy atom. The normalized spacial score (nSPS) is 35.9. The van der Waals surface area contributed by atoms with Gasteiger partial charge in [-0.3, -0.25) is 4.99 Å². The molecule has 0 aromatic heterocycles. The summed E-state index contributed by atoms with van der Waals surface area (Å²) in [6.07, 6.45) is 39.8. The van der Waals surface area contributed by atoms with Crippen molar-refractivity contribution in [3.8, 4) is 0 Å². The zero-order valence-electron chi connectivity index (χ0n) is 29.8. The number of amidine groups is 1. The topological polar surface area (TPSA) is 31.2 Å². The van der Waals surface area contributed by atoms with Crippen molar-refractivity contribution in [3.05, 3.63) is 144 Å². The summed E-state index contributed by atoms with van der Waals surface area (Å²) in [4.78, 5) is 16.8. The fourth-order valence-electron chi connectivity index (χ4n) is 11.0. The molecule has 10 atom stereocenters. The predicted molar refractivity (Wildman–Crippen MR) is 213 cm³/mol. The van der Waals surface area contributed by atoms with Gasteiger partial charge in [0.25, 0.3) is 0 Å². The Balaban J connectivity index is 1.10. The minimum atomic E-state index is 0.247. The third kappa shape index (κ3) is 5.31. The summed E-state index contributed by atoms with van der Waals surface area (Å²) < 4.78 is 0. The lowest BCUT2D eigenvalue weighted by Crippen LogP contribution is -2.48. The van der Waals surface area contributed by atoms with E-state index in [0.717, 1.165) is 37.9 Å². The lowest BCUT2D eigenvalue weighted by molar-refractivity contribution is 0.340. The highest BCUT2D eigenvalue weighted by atomic mass is 15.3. The minimum Gasteiger partial charge on any atom is -0.360 e. The van der Waals surface area contributed by atoms with E-state index in [-0.39, 0.29) is 17.9 Å². The van der Waals surface area contributed by atoms with Gasteiger partial charge in [-0.15, -0.1) is 0 Å². The van der Waals surface area contributed by atoms with Gasteiger partial charge in [0.2, 0.25) is 0 Å². The van der Waals surface area contributed by atoms with E-state index in [1.165, 1.54) is 53.2 Å². The fourth-order valence-corrected chi connectivity index (χ4v) is 11.0. The molecular weight excluding hydrogens is 621 g/mol. The maximum absolute atomic E-state index is 5.67. The van der Waals surface area contributed by atoms with Crippen molar-refractivity contribution in [3.63, 3.8) is 0 Å². The van der Waals surface area contributed by atoms with Gasteiger partial charge in [0.05, 0.1) is 18.1 Å². The van der Waals surface area contributed by atoms with E-state index < -0.39 is 0 Å². The van der Waals surface area contributed by atoms with E-state index in [2.05, 4.69) is 144 Å². The molecule has 0 N–H and O–H groups in total. The molecule has 0 radical (unpaired) electrons. The quantitative estimate of drug-likeness (QED) is 0.297. The van der Waals surface area contributed by atoms with Crippen LogP contribution in [-0.4, -0.2) is 35.7 Å². The van der Waals surface area contributed by atoms with Crippen LogP contribution in [0.3, 0.4) is 0 Å². The van der Waals surface area contributed by atoms with Crippen LogP contribution < -0.4 is 9.80 Å². The molecule has 0 fully saturated rings. The van der Waals surface area contributed by atoms with Crippen LogP contribution in [0.1, 0.15) is 81.3 Å². The summed E-state index contributed by atoms with van der Waals surface area (Å²) in [5, 5.41) is 0. The molecule has 4 nitrogen and oxygen atoms in total. The third-order valence-corrected chi connectivity index (χ3v) is 13.3. The van der Waals surface area contributed by atoms with Gasteiger partial charge >= 0.3 is 0 Å². The number of hydrogen-bond donors (Lipinski definition) is 0. The highest BCUT2D eigenvalue weighted by Gasteiger charge is 2.47. The van der Waals surface area contributed by atoms with E-state index >= 15 is 0 Å². The zero-order chi connectivity index (χ0) is 33.9. The van der Waals surface area contributed by atoms with Gasteiger partial charge in [0, 0.05) is 64.8 Å². The highest BCUT2D eigenvalue weighted by Crippen LogP contribution is 2.52. The van der Waals surface area contributed by atoms with Crippen LogP contribution in [0.5, 0.6) is 0 Å². The monoisotopic (exact) mass is 670 g/mol. The lowest BCUT2D eigenvalue weighted by Gasteiger charge is -2.45. The molecule has 8 aliphatic rings. The van der Waals surface area contributed by atoms with E-state index in [9.17, 15) is 0 Å². The Morgan fingerprint density at radius 3 is 2.39 bits per heavy atom. The third-order valence-electron chi connectivity index (χ3n) is 13.3. The molecule has 3 heterocycles. The number of benzene rings is 2. The van der Waals surface area contributed by atoms with E-state index in [1.54, 1.807) is 0 Å². The molecule has 51 heavy (non-hydrogen) atoms. The van der Waals surface area contributed by atoms with Gasteiger partial charge in [-0.1, -0.05) is 122 Å². The van der Waals surface area contributed by atoms with E-state index in [1.807, 2.05) is 0 Å². The Labute approximate surface area is 304 Å². The molecule has 5 aliphatic carbocycles. The average molecular weight is 671 g/mol. The second-order valence-corrected chi connectivity index (χ2v) is 16.1. The van der Waals surface area contributed by atoms with Crippen molar-refractivity contribution in [1.29, 1.82) is 0 Å². The van der Waals surface area contributed by atoms with Crippen LogP contribution in [0.15, 0.2) is 143 Å². The SMILES string of the molecule is CC1C(C2C=C(N3c4ccccc4C4CCC=CC43)CC(N3c4ccccc4C4C=CC=CC43)C2)=NC(C2C=CC=CC2)=NC1C1CC=CCC1. The highest BCUT2D eigenvalue weighted by molar-refractivity contribution is 6.05. The van der Waals surface area contributed by atoms with Crippen molar-refractivity contribution in [2.45, 2.75) is 94.3 Å². The van der Waals surface area contributed by atoms with Crippen LogP contribution >= 0.6 is 0 Å². The van der Waals surface area contributed by atoms with Crippen LogP contribution in [0.2, 0.25) is 0 Å². The first-order chi connectivity index (χ1) is 25.2. The number of nitrogens with zero attached hydrogens (tertiary/aromatic N) is 4. The standard InChI is InChI=1S/C47H50N4/c1-31-45(32-16-4-2-5-17-32)48-47(33-18-6-3-7-19-33)49-46(31)34-28-35(50-41-24-12-8-20-37(41)38-21-9-13-25-42(38)50)30-36(29-34)51-43-26-14-10-22-39(43)40-23-11-15-27-44(40)51/h2-4,6-10,12-15,18,20-22,24-27,29,31-35,37,40-41,44-45H,5,11,16-17,19,23,28,30H2,1H3. The maximum Gasteiger partial charge on any atom is 0.130 e. The molecular formula is C47H50N4. The van der Waals surface area contributed by atoms with Gasteiger partial charge in [0.1, 0.15) is 5.84 Å². The summed E-state index contributed by atoms with van der Waals surface area (Å²) in [6.45, 7) is 2.46. The molecule has 0 saturated heterocycles. The summed E-state index contributed by atoms with van der Waals surface area (Å²) in [5.41, 5.74) is 8.68. The summed E-state index contributed by atoms with van der Waals surface area (Å²) >= 11 is 0. The molecule has 0 spiro atoms. The molecule has 4 heteroatoms. The number of fused-ring (bicyclic) bond motifs is 6. The number of para-hydroxylation sites is 2. The first-order valence-electron chi connectivity index (χ1n) is 19.8. The Bertz CT molecular complexity index is 1970. The second-order valence-electron chi connectivity index (χ2n) is 16.1.